The number of hydrogen-bond donors (Lipinski definition) is 2. The predicted octanol–water partition coefficient (Wildman–Crippen LogP) is 4.74. The van der Waals surface area contributed by atoms with Gasteiger partial charge in [-0.3, -0.25) is 4.79 Å². The first-order chi connectivity index (χ1) is 13.6. The Kier molecular flexibility index (Phi) is 6.41. The van der Waals surface area contributed by atoms with Gasteiger partial charge in [0.05, 0.1) is 6.21 Å². The Morgan fingerprint density at radius 2 is 1.68 bits per heavy atom. The van der Waals surface area contributed by atoms with Crippen LogP contribution in [0.3, 0.4) is 0 Å². The molecule has 142 valence electrons. The monoisotopic (exact) mass is 373 g/mol. The van der Waals surface area contributed by atoms with E-state index in [0.29, 0.717) is 5.75 Å². The number of carbonyl (C=O) groups excluding carboxylic acids is 1. The van der Waals surface area contributed by atoms with E-state index in [9.17, 15) is 4.79 Å². The van der Waals surface area contributed by atoms with Crippen molar-refractivity contribution in [2.45, 2.75) is 19.9 Å². The van der Waals surface area contributed by atoms with Crippen LogP contribution in [0.5, 0.6) is 11.5 Å². The highest BCUT2D eigenvalue weighted by molar-refractivity contribution is 5.86. The maximum absolute atomic E-state index is 12.2. The van der Waals surface area contributed by atoms with Gasteiger partial charge < -0.3 is 10.1 Å². The molecule has 5 nitrogen and oxygen atoms in total. The van der Waals surface area contributed by atoms with Crippen molar-refractivity contribution in [2.75, 3.05) is 5.32 Å². The summed E-state index contributed by atoms with van der Waals surface area (Å²) in [4.78, 5) is 12.2. The van der Waals surface area contributed by atoms with Gasteiger partial charge in [0.2, 0.25) is 0 Å². The molecule has 0 spiro atoms. The topological polar surface area (TPSA) is 62.7 Å². The lowest BCUT2D eigenvalue weighted by Gasteiger charge is -2.13. The number of para-hydroxylation sites is 1. The van der Waals surface area contributed by atoms with E-state index in [2.05, 4.69) is 15.8 Å². The minimum Gasteiger partial charge on any atom is -0.457 e. The van der Waals surface area contributed by atoms with Gasteiger partial charge in [-0.05, 0) is 55.8 Å². The van der Waals surface area contributed by atoms with Crippen LogP contribution in [0.4, 0.5) is 5.69 Å². The molecule has 3 rings (SSSR count). The lowest BCUT2D eigenvalue weighted by Crippen LogP contribution is -2.34. The number of carbonyl (C=O) groups is 1. The van der Waals surface area contributed by atoms with Gasteiger partial charge in [0.25, 0.3) is 5.91 Å². The third-order valence-electron chi connectivity index (χ3n) is 4.05. The molecular weight excluding hydrogens is 350 g/mol. The van der Waals surface area contributed by atoms with E-state index in [1.54, 1.807) is 13.1 Å². The number of rotatable bonds is 7. The minimum atomic E-state index is -0.410. The smallest absolute Gasteiger partial charge is 0.262 e. The molecule has 0 bridgehead atoms. The highest BCUT2D eigenvalue weighted by Crippen LogP contribution is 2.21. The molecule has 0 aliphatic rings. The molecule has 3 aromatic rings. The number of amides is 1. The summed E-state index contributed by atoms with van der Waals surface area (Å²) in [5.41, 5.74) is 5.45. The average Bonchev–Trinajstić information content (AvgIpc) is 2.71. The standard InChI is InChI=1S/C23H23N3O2/c1-17-11-13-20(14-12-17)25-18(2)23(27)26-24-16-19-7-6-10-22(15-19)28-21-8-4-3-5-9-21/h3-16,18,25H,1-2H3,(H,26,27). The number of ether oxygens (including phenoxy) is 1. The van der Waals surface area contributed by atoms with Gasteiger partial charge in [-0.2, -0.15) is 5.10 Å². The zero-order chi connectivity index (χ0) is 19.8. The van der Waals surface area contributed by atoms with Crippen molar-refractivity contribution in [1.29, 1.82) is 0 Å². The van der Waals surface area contributed by atoms with Gasteiger partial charge in [-0.1, -0.05) is 48.0 Å². The number of anilines is 1. The molecule has 5 heteroatoms. The van der Waals surface area contributed by atoms with E-state index in [4.69, 9.17) is 4.74 Å². The number of hydrazone groups is 1. The van der Waals surface area contributed by atoms with Gasteiger partial charge >= 0.3 is 0 Å². The Bertz CT molecular complexity index is 938. The van der Waals surface area contributed by atoms with Crippen LogP contribution in [0.1, 0.15) is 18.1 Å². The van der Waals surface area contributed by atoms with Crippen LogP contribution in [-0.2, 0) is 4.79 Å². The molecule has 3 aromatic carbocycles. The van der Waals surface area contributed by atoms with Crippen molar-refractivity contribution in [3.8, 4) is 11.5 Å². The third-order valence-corrected chi connectivity index (χ3v) is 4.05. The Labute approximate surface area is 165 Å². The van der Waals surface area contributed by atoms with Gasteiger partial charge in [0.1, 0.15) is 17.5 Å². The van der Waals surface area contributed by atoms with Crippen molar-refractivity contribution >= 4 is 17.8 Å². The molecule has 1 unspecified atom stereocenters. The van der Waals surface area contributed by atoms with Crippen LogP contribution in [0.25, 0.3) is 0 Å². The van der Waals surface area contributed by atoms with Crippen molar-refractivity contribution in [2.24, 2.45) is 5.10 Å². The highest BCUT2D eigenvalue weighted by atomic mass is 16.5. The first-order valence-corrected chi connectivity index (χ1v) is 9.09. The van der Waals surface area contributed by atoms with Gasteiger partial charge in [0, 0.05) is 5.69 Å². The van der Waals surface area contributed by atoms with E-state index in [-0.39, 0.29) is 5.91 Å². The Balaban J connectivity index is 1.54. The van der Waals surface area contributed by atoms with E-state index in [1.807, 2.05) is 85.8 Å². The number of nitrogens with one attached hydrogen (secondary N) is 2. The van der Waals surface area contributed by atoms with Crippen LogP contribution in [0, 0.1) is 6.92 Å². The second-order valence-corrected chi connectivity index (χ2v) is 6.45. The molecule has 1 amide bonds. The fraction of sp³-hybridized carbons (Fsp3) is 0.130. The van der Waals surface area contributed by atoms with Crippen LogP contribution in [0.2, 0.25) is 0 Å². The quantitative estimate of drug-likeness (QED) is 0.464. The summed E-state index contributed by atoms with van der Waals surface area (Å²) >= 11 is 0. The van der Waals surface area contributed by atoms with Crippen molar-refractivity contribution in [3.05, 3.63) is 90.0 Å². The second kappa shape index (κ2) is 9.37. The highest BCUT2D eigenvalue weighted by Gasteiger charge is 2.11. The Hall–Kier alpha value is -3.60. The predicted molar refractivity (Wildman–Crippen MR) is 113 cm³/mol. The molecule has 0 saturated carbocycles. The SMILES string of the molecule is Cc1ccc(NC(C)C(=O)NN=Cc2cccc(Oc3ccccc3)c2)cc1. The second-order valence-electron chi connectivity index (χ2n) is 6.45. The van der Waals surface area contributed by atoms with Gasteiger partial charge in [-0.25, -0.2) is 5.43 Å². The lowest BCUT2D eigenvalue weighted by molar-refractivity contribution is -0.121. The maximum atomic E-state index is 12.2. The molecule has 1 atom stereocenters. The molecule has 0 fully saturated rings. The Morgan fingerprint density at radius 3 is 2.43 bits per heavy atom. The van der Waals surface area contributed by atoms with Crippen LogP contribution in [0.15, 0.2) is 84.0 Å². The maximum Gasteiger partial charge on any atom is 0.262 e. The first kappa shape index (κ1) is 19.2. The molecule has 0 aromatic heterocycles. The van der Waals surface area contributed by atoms with Gasteiger partial charge in [-0.15, -0.1) is 0 Å². The van der Waals surface area contributed by atoms with Gasteiger partial charge in [0.15, 0.2) is 0 Å². The number of nitrogens with zero attached hydrogens (tertiary/aromatic N) is 1. The van der Waals surface area contributed by atoms with Crippen LogP contribution < -0.4 is 15.5 Å². The molecule has 0 aliphatic carbocycles. The molecule has 0 aliphatic heterocycles. The summed E-state index contributed by atoms with van der Waals surface area (Å²) in [6, 6.07) is 24.5. The molecule has 2 N–H and O–H groups in total. The van der Waals surface area contributed by atoms with E-state index >= 15 is 0 Å². The fourth-order valence-corrected chi connectivity index (χ4v) is 2.52. The summed E-state index contributed by atoms with van der Waals surface area (Å²) in [5.74, 6) is 1.25. The third kappa shape index (κ3) is 5.71. The van der Waals surface area contributed by atoms with Crippen molar-refractivity contribution in [3.63, 3.8) is 0 Å². The summed E-state index contributed by atoms with van der Waals surface area (Å²) < 4.78 is 5.80. The summed E-state index contributed by atoms with van der Waals surface area (Å²) in [7, 11) is 0. The first-order valence-electron chi connectivity index (χ1n) is 9.09. The lowest BCUT2D eigenvalue weighted by atomic mass is 10.2. The molecular formula is C23H23N3O2. The van der Waals surface area contributed by atoms with Crippen molar-refractivity contribution in [1.82, 2.24) is 5.43 Å². The zero-order valence-electron chi connectivity index (χ0n) is 15.9. The van der Waals surface area contributed by atoms with Crippen LogP contribution >= 0.6 is 0 Å². The largest absolute Gasteiger partial charge is 0.457 e. The summed E-state index contributed by atoms with van der Waals surface area (Å²) in [6.07, 6.45) is 1.59. The van der Waals surface area contributed by atoms with Crippen molar-refractivity contribution < 1.29 is 9.53 Å². The normalized spacial score (nSPS) is 11.8. The summed E-state index contributed by atoms with van der Waals surface area (Å²) in [5, 5.41) is 7.19. The number of aryl methyl sites for hydroxylation is 1. The number of hydrogen-bond acceptors (Lipinski definition) is 4. The zero-order valence-corrected chi connectivity index (χ0v) is 15.9. The molecule has 0 saturated heterocycles. The Morgan fingerprint density at radius 1 is 0.964 bits per heavy atom. The molecule has 0 heterocycles. The molecule has 0 radical (unpaired) electrons. The average molecular weight is 373 g/mol. The molecule has 28 heavy (non-hydrogen) atoms. The van der Waals surface area contributed by atoms with E-state index in [0.717, 1.165) is 17.0 Å². The van der Waals surface area contributed by atoms with E-state index < -0.39 is 6.04 Å². The summed E-state index contributed by atoms with van der Waals surface area (Å²) in [6.45, 7) is 3.81. The van der Waals surface area contributed by atoms with Crippen LogP contribution in [-0.4, -0.2) is 18.2 Å². The number of benzene rings is 3. The van der Waals surface area contributed by atoms with E-state index in [1.165, 1.54) is 5.56 Å². The fourth-order valence-electron chi connectivity index (χ4n) is 2.52. The minimum absolute atomic E-state index is 0.214.